The molecular formula is C20H15ClN2O. The van der Waals surface area contributed by atoms with Gasteiger partial charge in [-0.15, -0.1) is 0 Å². The van der Waals surface area contributed by atoms with E-state index in [1.165, 1.54) is 0 Å². The van der Waals surface area contributed by atoms with Crippen molar-refractivity contribution in [1.82, 2.24) is 0 Å². The first-order valence-corrected chi connectivity index (χ1v) is 8.12. The van der Waals surface area contributed by atoms with E-state index in [9.17, 15) is 15.3 Å². The van der Waals surface area contributed by atoms with Gasteiger partial charge in [-0.05, 0) is 29.7 Å². The minimum atomic E-state index is -1.32. The highest BCUT2D eigenvalue weighted by Gasteiger charge is 2.54. The molecule has 1 fully saturated rings. The van der Waals surface area contributed by atoms with Crippen molar-refractivity contribution in [2.75, 3.05) is 0 Å². The van der Waals surface area contributed by atoms with Crippen LogP contribution in [-0.4, -0.2) is 5.78 Å². The predicted molar refractivity (Wildman–Crippen MR) is 91.1 cm³/mol. The molecule has 1 aliphatic carbocycles. The Kier molecular flexibility index (Phi) is 4.38. The summed E-state index contributed by atoms with van der Waals surface area (Å²) < 4.78 is 0. The molecule has 3 nitrogen and oxygen atoms in total. The molecule has 118 valence electrons. The fraction of sp³-hybridized carbons (Fsp3) is 0.250. The zero-order valence-electron chi connectivity index (χ0n) is 12.9. The number of benzene rings is 2. The normalized spacial score (nSPS) is 21.9. The first-order chi connectivity index (χ1) is 11.6. The fourth-order valence-electron chi connectivity index (χ4n) is 3.58. The number of rotatable bonds is 3. The maximum atomic E-state index is 12.6. The van der Waals surface area contributed by atoms with E-state index in [-0.39, 0.29) is 18.1 Å². The third kappa shape index (κ3) is 2.80. The van der Waals surface area contributed by atoms with Crippen LogP contribution in [-0.2, 0) is 11.2 Å². The highest BCUT2D eigenvalue weighted by Crippen LogP contribution is 2.51. The Labute approximate surface area is 146 Å². The smallest absolute Gasteiger partial charge is 0.158 e. The molecule has 0 N–H and O–H groups in total. The molecular weight excluding hydrogens is 320 g/mol. The first kappa shape index (κ1) is 16.2. The van der Waals surface area contributed by atoms with Crippen LogP contribution in [0.4, 0.5) is 0 Å². The number of nitriles is 2. The summed E-state index contributed by atoms with van der Waals surface area (Å²) in [6, 6.07) is 21.0. The predicted octanol–water partition coefficient (Wildman–Crippen LogP) is 4.29. The van der Waals surface area contributed by atoms with E-state index >= 15 is 0 Å². The van der Waals surface area contributed by atoms with Crippen molar-refractivity contribution in [2.24, 2.45) is 11.3 Å². The van der Waals surface area contributed by atoms with E-state index in [4.69, 9.17) is 11.6 Å². The summed E-state index contributed by atoms with van der Waals surface area (Å²) in [4.78, 5) is 12.6. The molecule has 1 aliphatic rings. The summed E-state index contributed by atoms with van der Waals surface area (Å²) in [6.07, 6.45) is 0.503. The average Bonchev–Trinajstić information content (AvgIpc) is 2.89. The first-order valence-electron chi connectivity index (χ1n) is 7.74. The summed E-state index contributed by atoms with van der Waals surface area (Å²) in [6.45, 7) is 0. The molecule has 3 rings (SSSR count). The maximum Gasteiger partial charge on any atom is 0.158 e. The fourth-order valence-corrected chi connectivity index (χ4v) is 3.70. The molecule has 0 aliphatic heterocycles. The van der Waals surface area contributed by atoms with E-state index in [0.717, 1.165) is 11.1 Å². The van der Waals surface area contributed by atoms with Crippen molar-refractivity contribution in [3.8, 4) is 12.1 Å². The maximum absolute atomic E-state index is 12.6. The highest BCUT2D eigenvalue weighted by atomic mass is 35.5. The SMILES string of the molecule is N#CC1(C#N)CC(=O)[C@H](Cc2ccccc2)[C@H]1c1ccc(Cl)cc1. The van der Waals surface area contributed by atoms with E-state index < -0.39 is 11.3 Å². The van der Waals surface area contributed by atoms with Crippen molar-refractivity contribution < 1.29 is 4.79 Å². The van der Waals surface area contributed by atoms with Crippen LogP contribution in [0, 0.1) is 34.0 Å². The van der Waals surface area contributed by atoms with Gasteiger partial charge in [-0.2, -0.15) is 10.5 Å². The molecule has 24 heavy (non-hydrogen) atoms. The van der Waals surface area contributed by atoms with Crippen LogP contribution < -0.4 is 0 Å². The van der Waals surface area contributed by atoms with E-state index in [1.54, 1.807) is 12.1 Å². The second kappa shape index (κ2) is 6.48. The monoisotopic (exact) mass is 334 g/mol. The van der Waals surface area contributed by atoms with Gasteiger partial charge in [0.25, 0.3) is 0 Å². The van der Waals surface area contributed by atoms with Crippen LogP contribution in [0.25, 0.3) is 0 Å². The van der Waals surface area contributed by atoms with Crippen molar-refractivity contribution in [1.29, 1.82) is 10.5 Å². The quantitative estimate of drug-likeness (QED) is 0.841. The number of hydrogen-bond acceptors (Lipinski definition) is 3. The second-order valence-corrected chi connectivity index (χ2v) is 6.60. The van der Waals surface area contributed by atoms with E-state index in [2.05, 4.69) is 12.1 Å². The highest BCUT2D eigenvalue weighted by molar-refractivity contribution is 6.30. The molecule has 0 radical (unpaired) electrons. The zero-order chi connectivity index (χ0) is 17.2. The molecule has 0 unspecified atom stereocenters. The van der Waals surface area contributed by atoms with Gasteiger partial charge >= 0.3 is 0 Å². The lowest BCUT2D eigenvalue weighted by atomic mass is 9.72. The summed E-state index contributed by atoms with van der Waals surface area (Å²) in [5, 5.41) is 19.9. The number of Topliss-reactive ketones (excluding diaryl/α,β-unsaturated/α-hetero) is 1. The number of nitrogens with zero attached hydrogens (tertiary/aromatic N) is 2. The Balaban J connectivity index is 2.05. The third-order valence-corrected chi connectivity index (χ3v) is 4.98. The molecule has 0 amide bonds. The van der Waals surface area contributed by atoms with Gasteiger partial charge in [0, 0.05) is 23.3 Å². The molecule has 0 saturated heterocycles. The molecule has 2 atom stereocenters. The number of hydrogen-bond donors (Lipinski definition) is 0. The van der Waals surface area contributed by atoms with Gasteiger partial charge in [0.05, 0.1) is 12.1 Å². The molecule has 1 saturated carbocycles. The van der Waals surface area contributed by atoms with Gasteiger partial charge in [-0.1, -0.05) is 54.1 Å². The van der Waals surface area contributed by atoms with Gasteiger partial charge in [0.15, 0.2) is 5.41 Å². The topological polar surface area (TPSA) is 64.7 Å². The second-order valence-electron chi connectivity index (χ2n) is 6.16. The standard InChI is InChI=1S/C20H15ClN2O/c21-16-8-6-15(7-9-16)19-17(10-14-4-2-1-3-5-14)18(24)11-20(19,12-22)13-23/h1-9,17,19H,10-11H2/t17-,19+/m0/s1. The molecule has 2 aromatic rings. The van der Waals surface area contributed by atoms with Crippen molar-refractivity contribution in [3.05, 3.63) is 70.7 Å². The Morgan fingerprint density at radius 3 is 2.25 bits per heavy atom. The molecule has 0 bridgehead atoms. The summed E-state index contributed by atoms with van der Waals surface area (Å²) in [5.74, 6) is -0.854. The largest absolute Gasteiger partial charge is 0.299 e. The van der Waals surface area contributed by atoms with E-state index in [1.807, 2.05) is 42.5 Å². The lowest BCUT2D eigenvalue weighted by molar-refractivity contribution is -0.120. The van der Waals surface area contributed by atoms with Gasteiger partial charge in [0.1, 0.15) is 5.78 Å². The van der Waals surface area contributed by atoms with Crippen LogP contribution >= 0.6 is 11.6 Å². The number of halogens is 1. The number of carbonyl (C=O) groups is 1. The summed E-state index contributed by atoms with van der Waals surface area (Å²) in [5.41, 5.74) is 0.528. The molecule has 2 aromatic carbocycles. The lowest BCUT2D eigenvalue weighted by Crippen LogP contribution is -2.25. The van der Waals surface area contributed by atoms with Gasteiger partial charge in [0.2, 0.25) is 0 Å². The van der Waals surface area contributed by atoms with Crippen LogP contribution in [0.3, 0.4) is 0 Å². The summed E-state index contributed by atoms with van der Waals surface area (Å²) in [7, 11) is 0. The molecule has 0 spiro atoms. The molecule has 0 aromatic heterocycles. The van der Waals surface area contributed by atoms with E-state index in [0.29, 0.717) is 11.4 Å². The minimum Gasteiger partial charge on any atom is -0.299 e. The molecule has 0 heterocycles. The van der Waals surface area contributed by atoms with Gasteiger partial charge < -0.3 is 0 Å². The average molecular weight is 335 g/mol. The Bertz CT molecular complexity index is 817. The van der Waals surface area contributed by atoms with Crippen LogP contribution in [0.1, 0.15) is 23.5 Å². The van der Waals surface area contributed by atoms with Crippen molar-refractivity contribution in [3.63, 3.8) is 0 Å². The van der Waals surface area contributed by atoms with Crippen LogP contribution in [0.15, 0.2) is 54.6 Å². The number of carbonyl (C=O) groups excluding carboxylic acids is 1. The third-order valence-electron chi connectivity index (χ3n) is 4.73. The number of ketones is 1. The Morgan fingerprint density at radius 1 is 1.04 bits per heavy atom. The van der Waals surface area contributed by atoms with Crippen molar-refractivity contribution in [2.45, 2.75) is 18.8 Å². The van der Waals surface area contributed by atoms with Crippen LogP contribution in [0.5, 0.6) is 0 Å². The lowest BCUT2D eigenvalue weighted by Gasteiger charge is -2.25. The Morgan fingerprint density at radius 2 is 1.67 bits per heavy atom. The summed E-state index contributed by atoms with van der Waals surface area (Å²) >= 11 is 5.96. The zero-order valence-corrected chi connectivity index (χ0v) is 13.7. The molecule has 4 heteroatoms. The van der Waals surface area contributed by atoms with Gasteiger partial charge in [-0.3, -0.25) is 4.79 Å². The Hall–Kier alpha value is -2.62. The van der Waals surface area contributed by atoms with Crippen molar-refractivity contribution >= 4 is 17.4 Å². The van der Waals surface area contributed by atoms with Crippen LogP contribution in [0.2, 0.25) is 5.02 Å². The minimum absolute atomic E-state index is 0.0230. The van der Waals surface area contributed by atoms with Gasteiger partial charge in [-0.25, -0.2) is 0 Å².